The third-order valence-corrected chi connectivity index (χ3v) is 5.45. The summed E-state index contributed by atoms with van der Waals surface area (Å²) in [6.07, 6.45) is 6.64. The van der Waals surface area contributed by atoms with Crippen LogP contribution >= 0.6 is 0 Å². The number of furan rings is 1. The third kappa shape index (κ3) is 2.87. The molecule has 4 rings (SSSR count). The van der Waals surface area contributed by atoms with Crippen LogP contribution in [0.4, 0.5) is 0 Å². The molecule has 0 bridgehead atoms. The zero-order valence-corrected chi connectivity index (χ0v) is 16.2. The van der Waals surface area contributed by atoms with Crippen molar-refractivity contribution in [2.45, 2.75) is 46.1 Å². The number of nitrogens with zero attached hydrogens (tertiary/aromatic N) is 4. The van der Waals surface area contributed by atoms with Crippen molar-refractivity contribution in [3.8, 4) is 11.3 Å². The largest absolute Gasteiger partial charge is 0.466 e. The van der Waals surface area contributed by atoms with E-state index < -0.39 is 0 Å². The summed E-state index contributed by atoms with van der Waals surface area (Å²) in [6.45, 7) is 6.55. The van der Waals surface area contributed by atoms with Crippen molar-refractivity contribution >= 4 is 11.6 Å². The maximum absolute atomic E-state index is 12.9. The van der Waals surface area contributed by atoms with Gasteiger partial charge in [-0.05, 0) is 46.1 Å². The highest BCUT2D eigenvalue weighted by atomic mass is 16.3. The molecule has 1 saturated heterocycles. The third-order valence-electron chi connectivity index (χ3n) is 5.45. The summed E-state index contributed by atoms with van der Waals surface area (Å²) >= 11 is 0. The fourth-order valence-corrected chi connectivity index (χ4v) is 3.91. The Bertz CT molecular complexity index is 1090. The van der Waals surface area contributed by atoms with Crippen LogP contribution in [0.3, 0.4) is 0 Å². The highest BCUT2D eigenvalue weighted by Gasteiger charge is 2.26. The van der Waals surface area contributed by atoms with Crippen LogP contribution in [0.1, 0.15) is 48.2 Å². The summed E-state index contributed by atoms with van der Waals surface area (Å²) < 4.78 is 8.82. The van der Waals surface area contributed by atoms with Crippen LogP contribution in [0.5, 0.6) is 0 Å². The van der Waals surface area contributed by atoms with Crippen molar-refractivity contribution in [2.24, 2.45) is 7.05 Å². The van der Waals surface area contributed by atoms with Crippen molar-refractivity contribution < 1.29 is 9.21 Å². The molecule has 1 aliphatic rings. The lowest BCUT2D eigenvalue weighted by Crippen LogP contribution is -2.42. The fourth-order valence-electron chi connectivity index (χ4n) is 3.91. The van der Waals surface area contributed by atoms with Crippen molar-refractivity contribution in [3.63, 3.8) is 0 Å². The molecule has 0 radical (unpaired) electrons. The van der Waals surface area contributed by atoms with Crippen molar-refractivity contribution in [1.82, 2.24) is 18.9 Å². The van der Waals surface area contributed by atoms with Gasteiger partial charge in [0.05, 0.1) is 5.69 Å². The zero-order chi connectivity index (χ0) is 19.3. The lowest BCUT2D eigenvalue weighted by Gasteiger charge is -2.32. The van der Waals surface area contributed by atoms with Crippen LogP contribution in [-0.4, -0.2) is 37.3 Å². The van der Waals surface area contributed by atoms with Gasteiger partial charge in [-0.15, -0.1) is 0 Å². The molecule has 0 unspecified atom stereocenters. The topological polar surface area (TPSA) is 72.8 Å². The first kappa shape index (κ1) is 17.6. The van der Waals surface area contributed by atoms with Gasteiger partial charge in [0.2, 0.25) is 5.65 Å². The quantitative estimate of drug-likeness (QED) is 0.697. The molecule has 1 atom stereocenters. The van der Waals surface area contributed by atoms with Crippen molar-refractivity contribution in [3.05, 3.63) is 46.0 Å². The van der Waals surface area contributed by atoms with Gasteiger partial charge in [-0.3, -0.25) is 14.0 Å². The monoisotopic (exact) mass is 368 g/mol. The molecule has 0 aliphatic carbocycles. The van der Waals surface area contributed by atoms with E-state index in [2.05, 4.69) is 11.9 Å². The maximum Gasteiger partial charge on any atom is 0.294 e. The Kier molecular flexibility index (Phi) is 4.17. The van der Waals surface area contributed by atoms with Gasteiger partial charge in [-0.25, -0.2) is 4.98 Å². The number of likely N-dealkylation sites (tertiary alicyclic amines) is 1. The molecule has 27 heavy (non-hydrogen) atoms. The number of piperidine rings is 1. The Morgan fingerprint density at radius 1 is 1.26 bits per heavy atom. The predicted octanol–water partition coefficient (Wildman–Crippen LogP) is 2.92. The minimum atomic E-state index is -0.239. The van der Waals surface area contributed by atoms with E-state index in [4.69, 9.17) is 4.42 Å². The number of carbonyl (C=O) groups excluding carboxylic acids is 1. The van der Waals surface area contributed by atoms with Gasteiger partial charge < -0.3 is 13.9 Å². The molecule has 1 amide bonds. The standard InChI is InChI=1S/C20H24N4O3/c1-12-7-5-6-8-24(12)19(25)16-10-23-11-17(15-9-13(2)27-14(15)3)22(4)20(26)18(23)21-16/h9-12H,5-8H2,1-4H3/t12-/m0/s1. The Morgan fingerprint density at radius 3 is 2.70 bits per heavy atom. The van der Waals surface area contributed by atoms with E-state index in [-0.39, 0.29) is 23.2 Å². The molecular formula is C20H24N4O3. The van der Waals surface area contributed by atoms with E-state index in [1.807, 2.05) is 31.0 Å². The van der Waals surface area contributed by atoms with Crippen molar-refractivity contribution in [2.75, 3.05) is 6.54 Å². The van der Waals surface area contributed by atoms with E-state index in [1.165, 1.54) is 0 Å². The van der Waals surface area contributed by atoms with Crippen LogP contribution in [0.2, 0.25) is 0 Å². The number of hydrogen-bond acceptors (Lipinski definition) is 4. The van der Waals surface area contributed by atoms with E-state index in [1.54, 1.807) is 22.2 Å². The van der Waals surface area contributed by atoms with E-state index in [0.29, 0.717) is 5.69 Å². The predicted molar refractivity (Wildman–Crippen MR) is 102 cm³/mol. The first-order chi connectivity index (χ1) is 12.9. The highest BCUT2D eigenvalue weighted by molar-refractivity contribution is 5.93. The Balaban J connectivity index is 1.81. The molecule has 4 heterocycles. The van der Waals surface area contributed by atoms with E-state index in [9.17, 15) is 9.59 Å². The average Bonchev–Trinajstić information content (AvgIpc) is 3.21. The summed E-state index contributed by atoms with van der Waals surface area (Å²) in [6, 6.07) is 2.11. The van der Waals surface area contributed by atoms with Crippen LogP contribution in [0.15, 0.2) is 27.7 Å². The molecule has 7 heteroatoms. The second-order valence-corrected chi connectivity index (χ2v) is 7.41. The smallest absolute Gasteiger partial charge is 0.294 e. The minimum absolute atomic E-state index is 0.107. The van der Waals surface area contributed by atoms with Gasteiger partial charge in [-0.2, -0.15) is 0 Å². The van der Waals surface area contributed by atoms with Gasteiger partial charge in [0.15, 0.2) is 0 Å². The number of hydrogen-bond donors (Lipinski definition) is 0. The SMILES string of the molecule is Cc1cc(-c2cn3cc(C(=O)N4CCCC[C@@H]4C)nc3c(=O)n2C)c(C)o1. The number of aromatic nitrogens is 3. The van der Waals surface area contributed by atoms with E-state index in [0.717, 1.165) is 48.6 Å². The maximum atomic E-state index is 12.9. The molecule has 7 nitrogen and oxygen atoms in total. The lowest BCUT2D eigenvalue weighted by molar-refractivity contribution is 0.0630. The molecule has 3 aromatic heterocycles. The summed E-state index contributed by atoms with van der Waals surface area (Å²) in [4.78, 5) is 32.0. The molecule has 0 saturated carbocycles. The van der Waals surface area contributed by atoms with Crippen LogP contribution < -0.4 is 5.56 Å². The fraction of sp³-hybridized carbons (Fsp3) is 0.450. The number of aryl methyl sites for hydroxylation is 2. The number of rotatable bonds is 2. The van der Waals surface area contributed by atoms with Crippen LogP contribution in [0, 0.1) is 13.8 Å². The van der Waals surface area contributed by atoms with E-state index >= 15 is 0 Å². The van der Waals surface area contributed by atoms with Gasteiger partial charge in [-0.1, -0.05) is 0 Å². The van der Waals surface area contributed by atoms with Gasteiger partial charge in [0.1, 0.15) is 17.2 Å². The Morgan fingerprint density at radius 2 is 2.04 bits per heavy atom. The van der Waals surface area contributed by atoms with Crippen LogP contribution in [-0.2, 0) is 7.05 Å². The van der Waals surface area contributed by atoms with Gasteiger partial charge >= 0.3 is 0 Å². The normalized spacial score (nSPS) is 17.6. The molecule has 0 N–H and O–H groups in total. The zero-order valence-electron chi connectivity index (χ0n) is 16.2. The second kappa shape index (κ2) is 6.40. The summed E-state index contributed by atoms with van der Waals surface area (Å²) in [7, 11) is 1.71. The number of fused-ring (bicyclic) bond motifs is 1. The summed E-state index contributed by atoms with van der Waals surface area (Å²) in [5.41, 5.74) is 1.92. The number of imidazole rings is 1. The molecule has 0 aromatic carbocycles. The second-order valence-electron chi connectivity index (χ2n) is 7.41. The summed E-state index contributed by atoms with van der Waals surface area (Å²) in [5, 5.41) is 0. The molecule has 1 aliphatic heterocycles. The summed E-state index contributed by atoms with van der Waals surface area (Å²) in [5.74, 6) is 1.43. The van der Waals surface area contributed by atoms with Crippen LogP contribution in [0.25, 0.3) is 16.9 Å². The first-order valence-electron chi connectivity index (χ1n) is 9.34. The Labute approximate surface area is 157 Å². The minimum Gasteiger partial charge on any atom is -0.466 e. The molecule has 0 spiro atoms. The molecule has 3 aromatic rings. The number of amides is 1. The molecule has 1 fully saturated rings. The van der Waals surface area contributed by atoms with Gasteiger partial charge in [0, 0.05) is 37.6 Å². The number of carbonyl (C=O) groups is 1. The first-order valence-corrected chi connectivity index (χ1v) is 9.34. The highest BCUT2D eigenvalue weighted by Crippen LogP contribution is 2.26. The van der Waals surface area contributed by atoms with Crippen molar-refractivity contribution in [1.29, 1.82) is 0 Å². The average molecular weight is 368 g/mol. The van der Waals surface area contributed by atoms with Gasteiger partial charge in [0.25, 0.3) is 11.5 Å². The molecular weight excluding hydrogens is 344 g/mol. The Hall–Kier alpha value is -2.83. The lowest BCUT2D eigenvalue weighted by atomic mass is 10.0. The molecule has 142 valence electrons.